The number of carboxylic acid groups (broad SMARTS) is 1. The van der Waals surface area contributed by atoms with Crippen LogP contribution in [0, 0.1) is 23.2 Å². The molecule has 0 saturated heterocycles. The van der Waals surface area contributed by atoms with Gasteiger partial charge in [-0.1, -0.05) is 18.0 Å². The van der Waals surface area contributed by atoms with Crippen molar-refractivity contribution in [2.75, 3.05) is 5.32 Å². The maximum Gasteiger partial charge on any atom is 0.307 e. The van der Waals surface area contributed by atoms with Gasteiger partial charge in [0.1, 0.15) is 6.07 Å². The van der Waals surface area contributed by atoms with E-state index in [4.69, 9.17) is 22.0 Å². The van der Waals surface area contributed by atoms with Crippen LogP contribution in [0.1, 0.15) is 24.8 Å². The topological polar surface area (TPSA) is 90.2 Å². The van der Waals surface area contributed by atoms with Crippen molar-refractivity contribution < 1.29 is 14.7 Å². The fourth-order valence-electron chi connectivity index (χ4n) is 2.51. The van der Waals surface area contributed by atoms with Crippen molar-refractivity contribution in [3.63, 3.8) is 0 Å². The third-order valence-corrected chi connectivity index (χ3v) is 3.76. The molecule has 1 saturated carbocycles. The van der Waals surface area contributed by atoms with Crippen LogP contribution in [0.4, 0.5) is 5.69 Å². The normalized spacial score (nSPS) is 21.2. The molecule has 0 spiro atoms. The third-order valence-electron chi connectivity index (χ3n) is 3.53. The molecule has 1 aromatic carbocycles. The molecule has 2 rings (SSSR count). The van der Waals surface area contributed by atoms with Gasteiger partial charge in [-0.3, -0.25) is 9.59 Å². The van der Waals surface area contributed by atoms with E-state index in [2.05, 4.69) is 5.32 Å². The van der Waals surface area contributed by atoms with Crippen LogP contribution >= 0.6 is 11.6 Å². The van der Waals surface area contributed by atoms with Gasteiger partial charge in [-0.15, -0.1) is 0 Å². The smallest absolute Gasteiger partial charge is 0.307 e. The zero-order chi connectivity index (χ0) is 14.7. The molecule has 0 heterocycles. The number of carbonyl (C=O) groups excluding carboxylic acids is 1. The zero-order valence-corrected chi connectivity index (χ0v) is 11.4. The fraction of sp³-hybridized carbons (Fsp3) is 0.357. The molecule has 20 heavy (non-hydrogen) atoms. The molecule has 1 amide bonds. The number of halogens is 1. The molecule has 1 fully saturated rings. The second-order valence-electron chi connectivity index (χ2n) is 4.77. The molecule has 0 bridgehead atoms. The quantitative estimate of drug-likeness (QED) is 0.896. The van der Waals surface area contributed by atoms with Crippen molar-refractivity contribution in [3.05, 3.63) is 28.8 Å². The Morgan fingerprint density at radius 3 is 2.70 bits per heavy atom. The summed E-state index contributed by atoms with van der Waals surface area (Å²) in [5.74, 6) is -2.53. The van der Waals surface area contributed by atoms with Gasteiger partial charge in [-0.25, -0.2) is 0 Å². The van der Waals surface area contributed by atoms with Crippen molar-refractivity contribution in [3.8, 4) is 6.07 Å². The van der Waals surface area contributed by atoms with Crippen LogP contribution in [-0.2, 0) is 9.59 Å². The summed E-state index contributed by atoms with van der Waals surface area (Å²) in [6, 6.07) is 6.53. The van der Waals surface area contributed by atoms with E-state index in [0.717, 1.165) is 6.42 Å². The lowest BCUT2D eigenvalue weighted by Gasteiger charge is -2.16. The van der Waals surface area contributed by atoms with E-state index in [-0.39, 0.29) is 5.91 Å². The van der Waals surface area contributed by atoms with Crippen molar-refractivity contribution in [2.45, 2.75) is 19.3 Å². The number of hydrogen-bond donors (Lipinski definition) is 2. The Balaban J connectivity index is 2.18. The molecular weight excluding hydrogens is 280 g/mol. The van der Waals surface area contributed by atoms with Crippen LogP contribution in [0.15, 0.2) is 18.2 Å². The summed E-state index contributed by atoms with van der Waals surface area (Å²) in [7, 11) is 0. The minimum atomic E-state index is -0.950. The Hall–Kier alpha value is -2.06. The van der Waals surface area contributed by atoms with E-state index in [9.17, 15) is 9.59 Å². The predicted octanol–water partition coefficient (Wildman–Crippen LogP) is 2.65. The van der Waals surface area contributed by atoms with Gasteiger partial charge in [0, 0.05) is 5.02 Å². The SMILES string of the molecule is N#Cc1ccc(Cl)cc1NC(=O)C1CCCC1C(=O)O. The van der Waals surface area contributed by atoms with Crippen LogP contribution in [0.5, 0.6) is 0 Å². The van der Waals surface area contributed by atoms with E-state index >= 15 is 0 Å². The summed E-state index contributed by atoms with van der Waals surface area (Å²) in [6.07, 6.45) is 1.77. The average Bonchev–Trinajstić information content (AvgIpc) is 2.88. The number of nitrogens with one attached hydrogen (secondary N) is 1. The van der Waals surface area contributed by atoms with Gasteiger partial charge in [0.15, 0.2) is 0 Å². The second kappa shape index (κ2) is 5.93. The number of benzene rings is 1. The number of amides is 1. The fourth-order valence-corrected chi connectivity index (χ4v) is 2.68. The summed E-state index contributed by atoms with van der Waals surface area (Å²) in [4.78, 5) is 23.3. The first-order valence-corrected chi connectivity index (χ1v) is 6.64. The standard InChI is InChI=1S/C14H13ClN2O3/c15-9-5-4-8(7-16)12(6-9)17-13(18)10-2-1-3-11(10)14(19)20/h4-6,10-11H,1-3H2,(H,17,18)(H,19,20). The zero-order valence-electron chi connectivity index (χ0n) is 10.6. The summed E-state index contributed by atoms with van der Waals surface area (Å²) in [5.41, 5.74) is 0.619. The number of anilines is 1. The highest BCUT2D eigenvalue weighted by molar-refractivity contribution is 6.31. The van der Waals surface area contributed by atoms with Gasteiger partial charge >= 0.3 is 5.97 Å². The highest BCUT2D eigenvalue weighted by Crippen LogP contribution is 2.33. The highest BCUT2D eigenvalue weighted by atomic mass is 35.5. The first-order valence-electron chi connectivity index (χ1n) is 6.26. The molecule has 0 radical (unpaired) electrons. The summed E-state index contributed by atoms with van der Waals surface area (Å²) < 4.78 is 0. The molecular formula is C14H13ClN2O3. The van der Waals surface area contributed by atoms with Crippen molar-refractivity contribution in [2.24, 2.45) is 11.8 Å². The van der Waals surface area contributed by atoms with Crippen LogP contribution in [-0.4, -0.2) is 17.0 Å². The molecule has 2 atom stereocenters. The van der Waals surface area contributed by atoms with E-state index in [1.165, 1.54) is 12.1 Å². The Labute approximate surface area is 121 Å². The minimum absolute atomic E-state index is 0.299. The van der Waals surface area contributed by atoms with Gasteiger partial charge in [0.05, 0.1) is 23.1 Å². The van der Waals surface area contributed by atoms with Crippen molar-refractivity contribution in [1.29, 1.82) is 5.26 Å². The summed E-state index contributed by atoms with van der Waals surface area (Å²) in [6.45, 7) is 0. The van der Waals surface area contributed by atoms with Crippen molar-refractivity contribution in [1.82, 2.24) is 0 Å². The maximum absolute atomic E-state index is 12.2. The lowest BCUT2D eigenvalue weighted by molar-refractivity contribution is -0.145. The number of rotatable bonds is 3. The number of aliphatic carboxylic acids is 1. The summed E-state index contributed by atoms with van der Waals surface area (Å²) in [5, 5.41) is 21.1. The molecule has 1 aliphatic carbocycles. The minimum Gasteiger partial charge on any atom is -0.481 e. The monoisotopic (exact) mass is 292 g/mol. The Kier molecular flexibility index (Phi) is 4.26. The lowest BCUT2D eigenvalue weighted by atomic mass is 9.95. The molecule has 1 aromatic rings. The van der Waals surface area contributed by atoms with E-state index in [1.54, 1.807) is 6.07 Å². The molecule has 6 heteroatoms. The molecule has 5 nitrogen and oxygen atoms in total. The largest absolute Gasteiger partial charge is 0.481 e. The van der Waals surface area contributed by atoms with E-state index in [1.807, 2.05) is 6.07 Å². The number of nitrogens with zero attached hydrogens (tertiary/aromatic N) is 1. The molecule has 2 N–H and O–H groups in total. The first kappa shape index (κ1) is 14.4. The molecule has 2 unspecified atom stereocenters. The molecule has 0 aliphatic heterocycles. The third kappa shape index (κ3) is 2.91. The van der Waals surface area contributed by atoms with Crippen LogP contribution in [0.25, 0.3) is 0 Å². The van der Waals surface area contributed by atoms with Crippen LogP contribution in [0.2, 0.25) is 5.02 Å². The van der Waals surface area contributed by atoms with Crippen molar-refractivity contribution >= 4 is 29.2 Å². The molecule has 0 aromatic heterocycles. The number of hydrogen-bond acceptors (Lipinski definition) is 3. The van der Waals surface area contributed by atoms with E-state index in [0.29, 0.717) is 29.1 Å². The van der Waals surface area contributed by atoms with Gasteiger partial charge in [0.25, 0.3) is 0 Å². The van der Waals surface area contributed by atoms with Gasteiger partial charge in [-0.05, 0) is 31.0 Å². The number of carboxylic acids is 1. The maximum atomic E-state index is 12.2. The van der Waals surface area contributed by atoms with E-state index < -0.39 is 17.8 Å². The Morgan fingerprint density at radius 2 is 2.05 bits per heavy atom. The Morgan fingerprint density at radius 1 is 1.35 bits per heavy atom. The van der Waals surface area contributed by atoms with Crippen LogP contribution < -0.4 is 5.32 Å². The lowest BCUT2D eigenvalue weighted by Crippen LogP contribution is -2.30. The Bertz CT molecular complexity index is 595. The predicted molar refractivity (Wildman–Crippen MR) is 73.3 cm³/mol. The first-order chi connectivity index (χ1) is 9.52. The van der Waals surface area contributed by atoms with Gasteiger partial charge in [-0.2, -0.15) is 5.26 Å². The number of carbonyl (C=O) groups is 2. The number of nitriles is 1. The second-order valence-corrected chi connectivity index (χ2v) is 5.21. The van der Waals surface area contributed by atoms with Crippen LogP contribution in [0.3, 0.4) is 0 Å². The molecule has 1 aliphatic rings. The average molecular weight is 293 g/mol. The van der Waals surface area contributed by atoms with Gasteiger partial charge in [0.2, 0.25) is 5.91 Å². The molecule has 104 valence electrons. The highest BCUT2D eigenvalue weighted by Gasteiger charge is 2.37. The summed E-state index contributed by atoms with van der Waals surface area (Å²) >= 11 is 5.84. The van der Waals surface area contributed by atoms with Gasteiger partial charge < -0.3 is 10.4 Å².